The number of nitrogens with zero attached hydrogens (tertiary/aromatic N) is 1. The maximum atomic E-state index is 11.7. The highest BCUT2D eigenvalue weighted by Crippen LogP contribution is 2.18. The largest absolute Gasteiger partial charge is 0.349 e. The minimum Gasteiger partial charge on any atom is -0.349 e. The number of hydrogen-bond acceptors (Lipinski definition) is 3. The third-order valence-electron chi connectivity index (χ3n) is 2.72. The Labute approximate surface area is 108 Å². The molecule has 0 bridgehead atoms. The molecule has 18 heavy (non-hydrogen) atoms. The van der Waals surface area contributed by atoms with Gasteiger partial charge in [-0.2, -0.15) is 5.26 Å². The Hall–Kier alpha value is -2.15. The molecule has 0 aromatic heterocycles. The van der Waals surface area contributed by atoms with Crippen molar-refractivity contribution in [3.63, 3.8) is 0 Å². The molecule has 0 unspecified atom stereocenters. The zero-order valence-electron chi connectivity index (χ0n) is 10.3. The van der Waals surface area contributed by atoms with E-state index in [0.29, 0.717) is 17.2 Å². The maximum Gasteiger partial charge on any atom is 0.251 e. The van der Waals surface area contributed by atoms with E-state index in [2.05, 4.69) is 5.32 Å². The third kappa shape index (κ3) is 4.02. The monoisotopic (exact) mass is 246 g/mol. The summed E-state index contributed by atoms with van der Waals surface area (Å²) >= 11 is 0. The van der Waals surface area contributed by atoms with Gasteiger partial charge in [-0.15, -0.1) is 0 Å². The Morgan fingerprint density at radius 3 is 2.39 bits per heavy atom. The summed E-state index contributed by atoms with van der Waals surface area (Å²) in [5.74, 6) is -0.0378. The predicted octanol–water partition coefficient (Wildman–Crippen LogP) is 2.29. The van der Waals surface area contributed by atoms with Gasteiger partial charge in [0.1, 0.15) is 6.29 Å². The smallest absolute Gasteiger partial charge is 0.251 e. The second kappa shape index (κ2) is 7.23. The molecule has 1 aromatic rings. The zero-order valence-corrected chi connectivity index (χ0v) is 10.3. The number of nitrogens with one attached hydrogen (secondary N) is 1. The van der Waals surface area contributed by atoms with E-state index in [1.54, 1.807) is 24.3 Å². The van der Waals surface area contributed by atoms with Gasteiger partial charge in [-0.25, -0.2) is 0 Å². The highest BCUT2D eigenvalue weighted by atomic mass is 16.1. The number of nitriles is 1. The van der Waals surface area contributed by atoms with Crippen LogP contribution in [-0.2, 0) is 4.79 Å². The van der Waals surface area contributed by atoms with Crippen molar-refractivity contribution in [1.29, 1.82) is 5.26 Å². The SMILES string of the molecule is CC=O.N#Cc1ccc(C(=O)NC2CCC2)cc1.[HH]. The van der Waals surface area contributed by atoms with Gasteiger partial charge < -0.3 is 10.1 Å². The van der Waals surface area contributed by atoms with Gasteiger partial charge in [-0.3, -0.25) is 4.79 Å². The molecular formula is C14H18N2O2. The molecule has 0 atom stereocenters. The summed E-state index contributed by atoms with van der Waals surface area (Å²) < 4.78 is 0. The molecule has 2 rings (SSSR count). The van der Waals surface area contributed by atoms with Crippen molar-refractivity contribution in [3.8, 4) is 6.07 Å². The Bertz CT molecular complexity index is 448. The summed E-state index contributed by atoms with van der Waals surface area (Å²) in [5.41, 5.74) is 1.20. The quantitative estimate of drug-likeness (QED) is 0.814. The number of benzene rings is 1. The highest BCUT2D eigenvalue weighted by molar-refractivity contribution is 5.94. The first-order valence-electron chi connectivity index (χ1n) is 5.92. The van der Waals surface area contributed by atoms with E-state index >= 15 is 0 Å². The van der Waals surface area contributed by atoms with E-state index in [0.717, 1.165) is 19.1 Å². The lowest BCUT2D eigenvalue weighted by atomic mass is 9.93. The molecule has 96 valence electrons. The van der Waals surface area contributed by atoms with Crippen molar-refractivity contribution in [2.45, 2.75) is 32.2 Å². The molecule has 1 aromatic carbocycles. The van der Waals surface area contributed by atoms with Gasteiger partial charge in [-0.1, -0.05) is 0 Å². The van der Waals surface area contributed by atoms with Gasteiger partial charge >= 0.3 is 0 Å². The molecule has 0 aliphatic heterocycles. The molecule has 0 radical (unpaired) electrons. The Kier molecular flexibility index (Phi) is 5.59. The highest BCUT2D eigenvalue weighted by Gasteiger charge is 2.19. The first-order chi connectivity index (χ1) is 8.71. The van der Waals surface area contributed by atoms with Crippen LogP contribution in [0.5, 0.6) is 0 Å². The molecule has 1 amide bonds. The average molecular weight is 246 g/mol. The molecular weight excluding hydrogens is 228 g/mol. The minimum absolute atomic E-state index is 0. The average Bonchev–Trinajstić information content (AvgIpc) is 2.35. The van der Waals surface area contributed by atoms with Crippen LogP contribution in [0.2, 0.25) is 0 Å². The van der Waals surface area contributed by atoms with Gasteiger partial charge in [-0.05, 0) is 50.5 Å². The predicted molar refractivity (Wildman–Crippen MR) is 70.1 cm³/mol. The second-order valence-corrected chi connectivity index (χ2v) is 4.03. The number of carbonyl (C=O) groups is 2. The number of rotatable bonds is 2. The van der Waals surface area contributed by atoms with Gasteiger partial charge in [0.05, 0.1) is 11.6 Å². The fraction of sp³-hybridized carbons (Fsp3) is 0.357. The first kappa shape index (κ1) is 13.9. The van der Waals surface area contributed by atoms with Crippen LogP contribution in [0, 0.1) is 11.3 Å². The Morgan fingerprint density at radius 2 is 2.00 bits per heavy atom. The molecule has 0 saturated heterocycles. The molecule has 0 spiro atoms. The number of aldehydes is 1. The molecule has 1 fully saturated rings. The number of hydrogen-bond donors (Lipinski definition) is 1. The third-order valence-corrected chi connectivity index (χ3v) is 2.72. The van der Waals surface area contributed by atoms with Crippen LogP contribution >= 0.6 is 0 Å². The van der Waals surface area contributed by atoms with Crippen LogP contribution in [0.3, 0.4) is 0 Å². The van der Waals surface area contributed by atoms with Gasteiger partial charge in [0.15, 0.2) is 0 Å². The van der Waals surface area contributed by atoms with Gasteiger partial charge in [0.25, 0.3) is 5.91 Å². The van der Waals surface area contributed by atoms with E-state index < -0.39 is 0 Å². The van der Waals surface area contributed by atoms with E-state index in [-0.39, 0.29) is 7.33 Å². The Balaban J connectivity index is 0.000000742. The van der Waals surface area contributed by atoms with E-state index in [1.165, 1.54) is 13.3 Å². The Morgan fingerprint density at radius 1 is 1.44 bits per heavy atom. The van der Waals surface area contributed by atoms with Crippen molar-refractivity contribution in [2.75, 3.05) is 0 Å². The van der Waals surface area contributed by atoms with Crippen molar-refractivity contribution in [2.24, 2.45) is 0 Å². The fourth-order valence-electron chi connectivity index (χ4n) is 1.52. The molecule has 4 heteroatoms. The summed E-state index contributed by atoms with van der Waals surface area (Å²) in [4.78, 5) is 20.5. The lowest BCUT2D eigenvalue weighted by Crippen LogP contribution is -2.39. The van der Waals surface area contributed by atoms with Crippen LogP contribution < -0.4 is 5.32 Å². The summed E-state index contributed by atoms with van der Waals surface area (Å²) in [6.07, 6.45) is 4.13. The summed E-state index contributed by atoms with van der Waals surface area (Å²) in [5, 5.41) is 11.6. The normalized spacial score (nSPS) is 13.3. The van der Waals surface area contributed by atoms with Crippen LogP contribution in [-0.4, -0.2) is 18.2 Å². The van der Waals surface area contributed by atoms with E-state index in [4.69, 9.17) is 10.1 Å². The van der Waals surface area contributed by atoms with Gasteiger partial charge in [0, 0.05) is 13.0 Å². The van der Waals surface area contributed by atoms with Crippen molar-refractivity contribution in [3.05, 3.63) is 35.4 Å². The standard InChI is InChI=1S/C12H12N2O.C2H4O.H2/c13-8-9-4-6-10(7-5-9)12(15)14-11-2-1-3-11;1-2-3;/h4-7,11H,1-3H2,(H,14,15);2H,1H3;1H. The lowest BCUT2D eigenvalue weighted by Gasteiger charge is -2.26. The van der Waals surface area contributed by atoms with Crippen molar-refractivity contribution in [1.82, 2.24) is 5.32 Å². The van der Waals surface area contributed by atoms with E-state index in [9.17, 15) is 4.79 Å². The zero-order chi connectivity index (χ0) is 13.4. The maximum absolute atomic E-state index is 11.7. The van der Waals surface area contributed by atoms with Crippen molar-refractivity contribution < 1.29 is 11.0 Å². The summed E-state index contributed by atoms with van der Waals surface area (Å²) in [6, 6.07) is 9.08. The molecule has 1 saturated carbocycles. The van der Waals surface area contributed by atoms with Gasteiger partial charge in [0.2, 0.25) is 0 Å². The van der Waals surface area contributed by atoms with Crippen LogP contribution in [0.15, 0.2) is 24.3 Å². The molecule has 1 aliphatic rings. The van der Waals surface area contributed by atoms with Crippen LogP contribution in [0.1, 0.15) is 43.5 Å². The molecule has 0 heterocycles. The van der Waals surface area contributed by atoms with Crippen LogP contribution in [0.4, 0.5) is 0 Å². The first-order valence-corrected chi connectivity index (χ1v) is 5.92. The van der Waals surface area contributed by atoms with Crippen LogP contribution in [0.25, 0.3) is 0 Å². The molecule has 4 nitrogen and oxygen atoms in total. The fourth-order valence-corrected chi connectivity index (χ4v) is 1.52. The number of carbonyl (C=O) groups excluding carboxylic acids is 2. The topological polar surface area (TPSA) is 70.0 Å². The summed E-state index contributed by atoms with van der Waals surface area (Å²) in [6.45, 7) is 1.44. The van der Waals surface area contributed by atoms with E-state index in [1.807, 2.05) is 6.07 Å². The lowest BCUT2D eigenvalue weighted by molar-refractivity contribution is -0.106. The minimum atomic E-state index is -0.0378. The van der Waals surface area contributed by atoms with Crippen molar-refractivity contribution >= 4 is 12.2 Å². The molecule has 1 N–H and O–H groups in total. The summed E-state index contributed by atoms with van der Waals surface area (Å²) in [7, 11) is 0. The molecule has 1 aliphatic carbocycles. The second-order valence-electron chi connectivity index (χ2n) is 4.03. The number of amides is 1.